The van der Waals surface area contributed by atoms with Gasteiger partial charge in [0.25, 0.3) is 5.91 Å². The molecule has 19 heavy (non-hydrogen) atoms. The third-order valence-corrected chi connectivity index (χ3v) is 4.07. The van der Waals surface area contributed by atoms with Gasteiger partial charge in [-0.2, -0.15) is 0 Å². The van der Waals surface area contributed by atoms with Crippen molar-refractivity contribution in [2.75, 3.05) is 30.9 Å². The predicted molar refractivity (Wildman–Crippen MR) is 83.2 cm³/mol. The van der Waals surface area contributed by atoms with Crippen molar-refractivity contribution in [2.24, 2.45) is 0 Å². The lowest BCUT2D eigenvalue weighted by Gasteiger charge is -2.37. The zero-order valence-electron chi connectivity index (χ0n) is 11.6. The van der Waals surface area contributed by atoms with Gasteiger partial charge in [-0.3, -0.25) is 4.79 Å². The minimum absolute atomic E-state index is 0.160. The molecule has 0 heterocycles. The van der Waals surface area contributed by atoms with Crippen LogP contribution in [0.4, 0.5) is 5.69 Å². The second-order valence-corrected chi connectivity index (χ2v) is 6.01. The van der Waals surface area contributed by atoms with E-state index in [0.717, 1.165) is 36.0 Å². The highest BCUT2D eigenvalue weighted by atomic mass is 79.9. The van der Waals surface area contributed by atoms with Gasteiger partial charge in [0.05, 0.1) is 0 Å². The maximum Gasteiger partial charge on any atom is 0.254 e. The normalized spacial score (nSPS) is 14.9. The van der Waals surface area contributed by atoms with Crippen molar-refractivity contribution in [1.29, 1.82) is 0 Å². The van der Waals surface area contributed by atoms with Crippen LogP contribution >= 0.6 is 15.9 Å². The standard InChI is InChI=1S/C15H21BrN2O/c1-17(2)14-8-3-5-12(11-14)15(19)18(10-9-16)13-6-4-7-13/h3,5,8,11,13H,4,6-7,9-10H2,1-2H3. The van der Waals surface area contributed by atoms with Gasteiger partial charge < -0.3 is 9.80 Å². The first-order valence-electron chi connectivity index (χ1n) is 6.78. The Labute approximate surface area is 123 Å². The van der Waals surface area contributed by atoms with Gasteiger partial charge in [0.15, 0.2) is 0 Å². The molecule has 3 nitrogen and oxygen atoms in total. The summed E-state index contributed by atoms with van der Waals surface area (Å²) in [6.07, 6.45) is 3.53. The molecular weight excluding hydrogens is 304 g/mol. The molecule has 1 amide bonds. The highest BCUT2D eigenvalue weighted by molar-refractivity contribution is 9.09. The van der Waals surface area contributed by atoms with Gasteiger partial charge in [-0.15, -0.1) is 0 Å². The molecule has 0 atom stereocenters. The Morgan fingerprint density at radius 3 is 2.63 bits per heavy atom. The van der Waals surface area contributed by atoms with Crippen molar-refractivity contribution in [2.45, 2.75) is 25.3 Å². The fraction of sp³-hybridized carbons (Fsp3) is 0.533. The summed E-state index contributed by atoms with van der Waals surface area (Å²) in [4.78, 5) is 16.7. The summed E-state index contributed by atoms with van der Waals surface area (Å²) in [5.41, 5.74) is 1.86. The molecule has 0 unspecified atom stereocenters. The van der Waals surface area contributed by atoms with Gasteiger partial charge in [-0.05, 0) is 37.5 Å². The smallest absolute Gasteiger partial charge is 0.254 e. The third-order valence-electron chi connectivity index (χ3n) is 3.71. The van der Waals surface area contributed by atoms with Gasteiger partial charge >= 0.3 is 0 Å². The number of halogens is 1. The van der Waals surface area contributed by atoms with Crippen molar-refractivity contribution >= 4 is 27.5 Å². The molecule has 0 aliphatic heterocycles. The first-order chi connectivity index (χ1) is 9.13. The number of carbonyl (C=O) groups is 1. The molecule has 1 saturated carbocycles. The summed E-state index contributed by atoms with van der Waals surface area (Å²) < 4.78 is 0. The molecule has 104 valence electrons. The summed E-state index contributed by atoms with van der Waals surface area (Å²) >= 11 is 3.45. The lowest BCUT2D eigenvalue weighted by atomic mass is 9.91. The first kappa shape index (κ1) is 14.4. The Morgan fingerprint density at radius 1 is 1.37 bits per heavy atom. The van der Waals surface area contributed by atoms with Crippen LogP contribution < -0.4 is 4.90 Å². The van der Waals surface area contributed by atoms with E-state index in [2.05, 4.69) is 15.9 Å². The zero-order chi connectivity index (χ0) is 13.8. The number of carbonyl (C=O) groups excluding carboxylic acids is 1. The number of hydrogen-bond acceptors (Lipinski definition) is 2. The molecular formula is C15H21BrN2O. The number of amides is 1. The number of hydrogen-bond donors (Lipinski definition) is 0. The maximum absolute atomic E-state index is 12.6. The van der Waals surface area contributed by atoms with Gasteiger partial charge in [-0.1, -0.05) is 22.0 Å². The molecule has 0 aromatic heterocycles. The highest BCUT2D eigenvalue weighted by Crippen LogP contribution is 2.27. The number of anilines is 1. The van der Waals surface area contributed by atoms with Crippen molar-refractivity contribution in [3.63, 3.8) is 0 Å². The van der Waals surface area contributed by atoms with E-state index in [1.54, 1.807) is 0 Å². The van der Waals surface area contributed by atoms with Crippen LogP contribution in [-0.4, -0.2) is 42.8 Å². The van der Waals surface area contributed by atoms with E-state index in [-0.39, 0.29) is 5.91 Å². The summed E-state index contributed by atoms with van der Waals surface area (Å²) in [5, 5.41) is 0.836. The molecule has 0 radical (unpaired) electrons. The molecule has 0 N–H and O–H groups in total. The van der Waals surface area contributed by atoms with Crippen LogP contribution in [0.2, 0.25) is 0 Å². The minimum Gasteiger partial charge on any atom is -0.378 e. The van der Waals surface area contributed by atoms with E-state index >= 15 is 0 Å². The van der Waals surface area contributed by atoms with Gasteiger partial charge in [0.2, 0.25) is 0 Å². The van der Waals surface area contributed by atoms with Crippen LogP contribution in [0.25, 0.3) is 0 Å². The van der Waals surface area contributed by atoms with E-state index in [1.165, 1.54) is 6.42 Å². The molecule has 1 fully saturated rings. The van der Waals surface area contributed by atoms with Crippen molar-refractivity contribution in [3.05, 3.63) is 29.8 Å². The van der Waals surface area contributed by atoms with Gasteiger partial charge in [-0.25, -0.2) is 0 Å². The number of rotatable bonds is 5. The number of benzene rings is 1. The molecule has 0 saturated heterocycles. The second kappa shape index (κ2) is 6.42. The molecule has 4 heteroatoms. The van der Waals surface area contributed by atoms with E-state index in [9.17, 15) is 4.79 Å². The average molecular weight is 325 g/mol. The molecule has 0 spiro atoms. The molecule has 1 aliphatic carbocycles. The fourth-order valence-corrected chi connectivity index (χ4v) is 2.70. The van der Waals surface area contributed by atoms with E-state index in [0.29, 0.717) is 6.04 Å². The number of alkyl halides is 1. The minimum atomic E-state index is 0.160. The van der Waals surface area contributed by atoms with Crippen molar-refractivity contribution in [3.8, 4) is 0 Å². The first-order valence-corrected chi connectivity index (χ1v) is 7.90. The Morgan fingerprint density at radius 2 is 2.11 bits per heavy atom. The van der Waals surface area contributed by atoms with Crippen LogP contribution in [0.3, 0.4) is 0 Å². The van der Waals surface area contributed by atoms with Crippen LogP contribution in [0.5, 0.6) is 0 Å². The van der Waals surface area contributed by atoms with Gasteiger partial charge in [0, 0.05) is 43.3 Å². The third kappa shape index (κ3) is 3.30. The Hall–Kier alpha value is -1.03. The summed E-state index contributed by atoms with van der Waals surface area (Å²) in [7, 11) is 3.98. The predicted octanol–water partition coefficient (Wildman–Crippen LogP) is 3.14. The summed E-state index contributed by atoms with van der Waals surface area (Å²) in [6, 6.07) is 8.30. The number of nitrogens with zero attached hydrogens (tertiary/aromatic N) is 2. The fourth-order valence-electron chi connectivity index (χ4n) is 2.32. The van der Waals surface area contributed by atoms with E-state index in [1.807, 2.05) is 48.2 Å². The summed E-state index contributed by atoms with van der Waals surface area (Å²) in [5.74, 6) is 0.160. The van der Waals surface area contributed by atoms with Crippen LogP contribution in [-0.2, 0) is 0 Å². The van der Waals surface area contributed by atoms with Crippen molar-refractivity contribution in [1.82, 2.24) is 4.90 Å². The molecule has 1 aromatic rings. The Balaban J connectivity index is 2.18. The lowest BCUT2D eigenvalue weighted by Crippen LogP contribution is -2.45. The molecule has 0 bridgehead atoms. The average Bonchev–Trinajstić information content (AvgIpc) is 2.35. The monoisotopic (exact) mass is 324 g/mol. The SMILES string of the molecule is CN(C)c1cccc(C(=O)N(CCBr)C2CCC2)c1. The Kier molecular flexibility index (Phi) is 4.86. The van der Waals surface area contributed by atoms with Crippen LogP contribution in [0.1, 0.15) is 29.6 Å². The molecule has 1 aliphatic rings. The van der Waals surface area contributed by atoms with E-state index in [4.69, 9.17) is 0 Å². The quantitative estimate of drug-likeness (QED) is 0.777. The largest absolute Gasteiger partial charge is 0.378 e. The van der Waals surface area contributed by atoms with Crippen LogP contribution in [0, 0.1) is 0 Å². The lowest BCUT2D eigenvalue weighted by molar-refractivity contribution is 0.0599. The highest BCUT2D eigenvalue weighted by Gasteiger charge is 2.28. The maximum atomic E-state index is 12.6. The molecule has 2 rings (SSSR count). The zero-order valence-corrected chi connectivity index (χ0v) is 13.2. The summed E-state index contributed by atoms with van der Waals surface area (Å²) in [6.45, 7) is 0.787. The van der Waals surface area contributed by atoms with Crippen LogP contribution in [0.15, 0.2) is 24.3 Å². The second-order valence-electron chi connectivity index (χ2n) is 5.22. The van der Waals surface area contributed by atoms with Gasteiger partial charge in [0.1, 0.15) is 0 Å². The molecule has 1 aromatic carbocycles. The van der Waals surface area contributed by atoms with Crippen molar-refractivity contribution < 1.29 is 4.79 Å². The Bertz CT molecular complexity index is 444. The topological polar surface area (TPSA) is 23.6 Å². The van der Waals surface area contributed by atoms with E-state index < -0.39 is 0 Å².